The summed E-state index contributed by atoms with van der Waals surface area (Å²) < 4.78 is 5.64. The van der Waals surface area contributed by atoms with Crippen LogP contribution in [0.2, 0.25) is 0 Å². The van der Waals surface area contributed by atoms with E-state index < -0.39 is 5.92 Å². The topological polar surface area (TPSA) is 46.6 Å². The fraction of sp³-hybridized carbons (Fsp3) is 0.182. The molecule has 4 rings (SSSR count). The molecule has 26 heavy (non-hydrogen) atoms. The summed E-state index contributed by atoms with van der Waals surface area (Å²) in [4.78, 5) is 26.6. The van der Waals surface area contributed by atoms with Crippen LogP contribution in [-0.4, -0.2) is 23.3 Å². The van der Waals surface area contributed by atoms with Crippen LogP contribution in [0.1, 0.15) is 12.0 Å². The molecule has 0 aliphatic carbocycles. The lowest BCUT2D eigenvalue weighted by atomic mass is 10.1. The molecule has 0 spiro atoms. The number of nitrogens with zero attached hydrogens (tertiary/aromatic N) is 1. The molecule has 1 amide bonds. The van der Waals surface area contributed by atoms with E-state index in [1.54, 1.807) is 11.0 Å². The molecule has 0 N–H and O–H groups in total. The van der Waals surface area contributed by atoms with Gasteiger partial charge in [-0.05, 0) is 17.0 Å². The van der Waals surface area contributed by atoms with Gasteiger partial charge in [0.2, 0.25) is 5.91 Å². The van der Waals surface area contributed by atoms with Crippen molar-refractivity contribution in [2.24, 2.45) is 5.92 Å². The summed E-state index contributed by atoms with van der Waals surface area (Å²) in [6, 6.07) is 23.2. The number of benzene rings is 3. The number of carbonyl (C=O) groups excluding carboxylic acids is 2. The molecule has 1 aliphatic rings. The van der Waals surface area contributed by atoms with E-state index in [0.717, 1.165) is 16.3 Å². The summed E-state index contributed by atoms with van der Waals surface area (Å²) in [5, 5.41) is 1.92. The molecule has 1 aliphatic heterocycles. The van der Waals surface area contributed by atoms with Crippen LogP contribution < -0.4 is 4.74 Å². The second-order valence-electron chi connectivity index (χ2n) is 6.56. The maximum absolute atomic E-state index is 12.6. The van der Waals surface area contributed by atoms with E-state index in [9.17, 15) is 9.59 Å². The highest BCUT2D eigenvalue weighted by molar-refractivity contribution is 5.92. The third kappa shape index (κ3) is 3.31. The number of hydrogen-bond acceptors (Lipinski definition) is 3. The van der Waals surface area contributed by atoms with Crippen LogP contribution in [0, 0.1) is 5.92 Å². The molecule has 1 atom stereocenters. The van der Waals surface area contributed by atoms with Gasteiger partial charge in [-0.1, -0.05) is 66.7 Å². The Morgan fingerprint density at radius 3 is 2.54 bits per heavy atom. The highest BCUT2D eigenvalue weighted by Gasteiger charge is 2.35. The third-order valence-corrected chi connectivity index (χ3v) is 4.72. The second kappa shape index (κ2) is 7.00. The summed E-state index contributed by atoms with van der Waals surface area (Å²) >= 11 is 0. The largest absolute Gasteiger partial charge is 0.426 e. The molecular formula is C22H19NO3. The zero-order chi connectivity index (χ0) is 17.9. The average molecular weight is 345 g/mol. The Balaban J connectivity index is 1.46. The molecule has 0 radical (unpaired) electrons. The lowest BCUT2D eigenvalue weighted by Crippen LogP contribution is -2.27. The fourth-order valence-corrected chi connectivity index (χ4v) is 3.36. The monoisotopic (exact) mass is 345 g/mol. The Morgan fingerprint density at radius 1 is 0.962 bits per heavy atom. The number of esters is 1. The first kappa shape index (κ1) is 16.3. The summed E-state index contributed by atoms with van der Waals surface area (Å²) in [6.07, 6.45) is 0.205. The van der Waals surface area contributed by atoms with Gasteiger partial charge in [0.05, 0.1) is 5.92 Å². The van der Waals surface area contributed by atoms with Crippen molar-refractivity contribution in [1.29, 1.82) is 0 Å². The van der Waals surface area contributed by atoms with Crippen molar-refractivity contribution in [2.75, 3.05) is 6.54 Å². The first-order valence-electron chi connectivity index (χ1n) is 8.72. The molecule has 0 aromatic heterocycles. The first-order chi connectivity index (χ1) is 12.7. The van der Waals surface area contributed by atoms with Gasteiger partial charge in [0.25, 0.3) is 0 Å². The van der Waals surface area contributed by atoms with Crippen molar-refractivity contribution >= 4 is 22.6 Å². The minimum atomic E-state index is -0.426. The quantitative estimate of drug-likeness (QED) is 0.534. The first-order valence-corrected chi connectivity index (χ1v) is 8.72. The number of fused-ring (bicyclic) bond motifs is 1. The number of amides is 1. The van der Waals surface area contributed by atoms with E-state index in [4.69, 9.17) is 4.74 Å². The Labute approximate surface area is 152 Å². The molecule has 130 valence electrons. The van der Waals surface area contributed by atoms with Gasteiger partial charge in [-0.25, -0.2) is 0 Å². The lowest BCUT2D eigenvalue weighted by Gasteiger charge is -2.16. The van der Waals surface area contributed by atoms with Gasteiger partial charge in [0.1, 0.15) is 5.75 Å². The highest BCUT2D eigenvalue weighted by Crippen LogP contribution is 2.28. The zero-order valence-electron chi connectivity index (χ0n) is 14.3. The van der Waals surface area contributed by atoms with Gasteiger partial charge in [-0.3, -0.25) is 9.59 Å². The molecule has 4 heteroatoms. The minimum Gasteiger partial charge on any atom is -0.426 e. The van der Waals surface area contributed by atoms with Crippen LogP contribution in [0.4, 0.5) is 0 Å². The molecule has 4 nitrogen and oxygen atoms in total. The molecule has 1 fully saturated rings. The van der Waals surface area contributed by atoms with Crippen LogP contribution in [0.5, 0.6) is 5.75 Å². The fourth-order valence-electron chi connectivity index (χ4n) is 3.36. The molecule has 0 bridgehead atoms. The maximum atomic E-state index is 12.6. The lowest BCUT2D eigenvalue weighted by molar-refractivity contribution is -0.139. The maximum Gasteiger partial charge on any atom is 0.316 e. The van der Waals surface area contributed by atoms with Gasteiger partial charge in [0, 0.05) is 24.9 Å². The van der Waals surface area contributed by atoms with Crippen molar-refractivity contribution in [2.45, 2.75) is 13.0 Å². The molecule has 0 saturated carbocycles. The predicted molar refractivity (Wildman–Crippen MR) is 99.5 cm³/mol. The minimum absolute atomic E-state index is 0.00581. The van der Waals surface area contributed by atoms with Crippen LogP contribution >= 0.6 is 0 Å². The molecule has 0 unspecified atom stereocenters. The normalized spacial score (nSPS) is 16.8. The smallest absolute Gasteiger partial charge is 0.316 e. The van der Waals surface area contributed by atoms with Gasteiger partial charge in [0.15, 0.2) is 0 Å². The van der Waals surface area contributed by atoms with Crippen LogP contribution in [0.15, 0.2) is 72.8 Å². The number of rotatable bonds is 4. The van der Waals surface area contributed by atoms with Crippen molar-refractivity contribution < 1.29 is 14.3 Å². The van der Waals surface area contributed by atoms with E-state index >= 15 is 0 Å². The van der Waals surface area contributed by atoms with Crippen molar-refractivity contribution in [3.63, 3.8) is 0 Å². The van der Waals surface area contributed by atoms with Crippen molar-refractivity contribution in [3.05, 3.63) is 78.4 Å². The average Bonchev–Trinajstić information content (AvgIpc) is 3.03. The predicted octanol–water partition coefficient (Wildman–Crippen LogP) is 3.79. The highest BCUT2D eigenvalue weighted by atomic mass is 16.5. The standard InChI is InChI=1S/C22H19NO3/c24-21-13-18(15-23(21)14-16-7-2-1-3-8-16)22(25)26-20-12-6-10-17-9-4-5-11-19(17)20/h1-12,18H,13-15H2/t18-/m0/s1. The van der Waals surface area contributed by atoms with Crippen molar-refractivity contribution in [1.82, 2.24) is 4.90 Å². The van der Waals surface area contributed by atoms with Gasteiger partial charge in [-0.2, -0.15) is 0 Å². The SMILES string of the molecule is O=C(Oc1cccc2ccccc12)[C@H]1CC(=O)N(Cc2ccccc2)C1. The van der Waals surface area contributed by atoms with E-state index in [1.807, 2.05) is 66.7 Å². The summed E-state index contributed by atoms with van der Waals surface area (Å²) in [6.45, 7) is 0.926. The molecular weight excluding hydrogens is 326 g/mol. The van der Waals surface area contributed by atoms with Crippen LogP contribution in [-0.2, 0) is 16.1 Å². The van der Waals surface area contributed by atoms with Gasteiger partial charge >= 0.3 is 5.97 Å². The van der Waals surface area contributed by atoms with Crippen LogP contribution in [0.3, 0.4) is 0 Å². The zero-order valence-corrected chi connectivity index (χ0v) is 14.3. The second-order valence-corrected chi connectivity index (χ2v) is 6.56. The number of ether oxygens (including phenoxy) is 1. The molecule has 3 aromatic carbocycles. The Kier molecular flexibility index (Phi) is 4.40. The van der Waals surface area contributed by atoms with Gasteiger partial charge in [-0.15, -0.1) is 0 Å². The van der Waals surface area contributed by atoms with E-state index in [-0.39, 0.29) is 18.3 Å². The third-order valence-electron chi connectivity index (χ3n) is 4.72. The van der Waals surface area contributed by atoms with E-state index in [0.29, 0.717) is 18.8 Å². The Bertz CT molecular complexity index is 947. The molecule has 1 saturated heterocycles. The summed E-state index contributed by atoms with van der Waals surface area (Å²) in [5.74, 6) is -0.230. The molecule has 3 aromatic rings. The van der Waals surface area contributed by atoms with Crippen LogP contribution in [0.25, 0.3) is 10.8 Å². The van der Waals surface area contributed by atoms with Gasteiger partial charge < -0.3 is 9.64 Å². The van der Waals surface area contributed by atoms with E-state index in [1.165, 1.54) is 0 Å². The number of hydrogen-bond donors (Lipinski definition) is 0. The summed E-state index contributed by atoms with van der Waals surface area (Å²) in [7, 11) is 0. The Morgan fingerprint density at radius 2 is 1.69 bits per heavy atom. The van der Waals surface area contributed by atoms with E-state index in [2.05, 4.69) is 0 Å². The van der Waals surface area contributed by atoms with Crippen molar-refractivity contribution in [3.8, 4) is 5.75 Å². The number of carbonyl (C=O) groups is 2. The summed E-state index contributed by atoms with van der Waals surface area (Å²) in [5.41, 5.74) is 1.06. The molecule has 1 heterocycles. The number of likely N-dealkylation sites (tertiary alicyclic amines) is 1. The Hall–Kier alpha value is -3.14.